The zero-order valence-corrected chi connectivity index (χ0v) is 11.2. The Morgan fingerprint density at radius 2 is 1.90 bits per heavy atom. The Morgan fingerprint density at radius 1 is 1.05 bits per heavy atom. The van der Waals surface area contributed by atoms with Crippen LogP contribution in [0.1, 0.15) is 22.7 Å². The molecule has 0 bridgehead atoms. The van der Waals surface area contributed by atoms with E-state index in [0.29, 0.717) is 5.56 Å². The summed E-state index contributed by atoms with van der Waals surface area (Å²) < 4.78 is 14.1. The van der Waals surface area contributed by atoms with Gasteiger partial charge in [0, 0.05) is 17.1 Å². The van der Waals surface area contributed by atoms with E-state index in [4.69, 9.17) is 5.73 Å². The van der Waals surface area contributed by atoms with Crippen molar-refractivity contribution in [3.05, 3.63) is 77.2 Å². The first-order chi connectivity index (χ1) is 9.66. The van der Waals surface area contributed by atoms with Gasteiger partial charge in [0.1, 0.15) is 5.82 Å². The number of fused-ring (bicyclic) bond motifs is 1. The molecule has 0 saturated carbocycles. The number of pyridine rings is 1. The lowest BCUT2D eigenvalue weighted by atomic mass is 9.95. The van der Waals surface area contributed by atoms with Gasteiger partial charge >= 0.3 is 0 Å². The molecule has 2 nitrogen and oxygen atoms in total. The highest BCUT2D eigenvalue weighted by molar-refractivity contribution is 5.82. The highest BCUT2D eigenvalue weighted by Gasteiger charge is 2.16. The van der Waals surface area contributed by atoms with Crippen molar-refractivity contribution in [1.29, 1.82) is 0 Å². The van der Waals surface area contributed by atoms with Gasteiger partial charge in [-0.3, -0.25) is 4.98 Å². The van der Waals surface area contributed by atoms with E-state index >= 15 is 0 Å². The number of rotatable bonds is 2. The van der Waals surface area contributed by atoms with Gasteiger partial charge in [-0.25, -0.2) is 4.39 Å². The van der Waals surface area contributed by atoms with Crippen molar-refractivity contribution in [3.8, 4) is 0 Å². The second kappa shape index (κ2) is 5.02. The third-order valence-electron chi connectivity index (χ3n) is 3.51. The molecule has 0 saturated heterocycles. The van der Waals surface area contributed by atoms with E-state index in [-0.39, 0.29) is 5.82 Å². The maximum Gasteiger partial charge on any atom is 0.128 e. The van der Waals surface area contributed by atoms with Crippen LogP contribution < -0.4 is 5.73 Å². The van der Waals surface area contributed by atoms with Crippen molar-refractivity contribution in [2.75, 3.05) is 0 Å². The van der Waals surface area contributed by atoms with Gasteiger partial charge in [0.05, 0.1) is 11.6 Å². The lowest BCUT2D eigenvalue weighted by Crippen LogP contribution is -2.14. The summed E-state index contributed by atoms with van der Waals surface area (Å²) in [6.07, 6.45) is 1.74. The normalized spacial score (nSPS) is 12.6. The Bertz CT molecular complexity index is 763. The molecular weight excluding hydrogens is 251 g/mol. The minimum atomic E-state index is -0.497. The maximum atomic E-state index is 14.1. The molecule has 0 amide bonds. The summed E-state index contributed by atoms with van der Waals surface area (Å²) in [5, 5.41) is 0.961. The molecule has 1 aromatic heterocycles. The molecule has 1 atom stereocenters. The SMILES string of the molecule is Cc1ccc(C(N)c2cccc3ncccc23)c(F)c1. The quantitative estimate of drug-likeness (QED) is 0.767. The fourth-order valence-electron chi connectivity index (χ4n) is 2.45. The molecule has 0 radical (unpaired) electrons. The second-order valence-electron chi connectivity index (χ2n) is 4.92. The molecule has 0 aliphatic heterocycles. The first-order valence-corrected chi connectivity index (χ1v) is 6.52. The van der Waals surface area contributed by atoms with E-state index < -0.39 is 6.04 Å². The minimum absolute atomic E-state index is 0.265. The van der Waals surface area contributed by atoms with Crippen molar-refractivity contribution in [2.45, 2.75) is 13.0 Å². The number of nitrogens with two attached hydrogens (primary N) is 1. The summed E-state index contributed by atoms with van der Waals surface area (Å²) in [6.45, 7) is 1.86. The summed E-state index contributed by atoms with van der Waals surface area (Å²) in [7, 11) is 0. The summed E-state index contributed by atoms with van der Waals surface area (Å²) in [5.74, 6) is -0.265. The van der Waals surface area contributed by atoms with E-state index in [9.17, 15) is 4.39 Å². The predicted molar refractivity (Wildman–Crippen MR) is 78.9 cm³/mol. The summed E-state index contributed by atoms with van der Waals surface area (Å²) in [5.41, 5.74) is 9.41. The smallest absolute Gasteiger partial charge is 0.128 e. The number of benzene rings is 2. The van der Waals surface area contributed by atoms with E-state index in [2.05, 4.69) is 4.98 Å². The first kappa shape index (κ1) is 12.8. The molecule has 2 N–H and O–H groups in total. The van der Waals surface area contributed by atoms with Gasteiger partial charge in [-0.2, -0.15) is 0 Å². The van der Waals surface area contributed by atoms with Gasteiger partial charge in [-0.05, 0) is 36.2 Å². The van der Waals surface area contributed by atoms with E-state index in [1.54, 1.807) is 12.3 Å². The highest BCUT2D eigenvalue weighted by atomic mass is 19.1. The van der Waals surface area contributed by atoms with Crippen molar-refractivity contribution >= 4 is 10.9 Å². The molecule has 20 heavy (non-hydrogen) atoms. The molecule has 2 aromatic carbocycles. The molecule has 100 valence electrons. The van der Waals surface area contributed by atoms with Gasteiger partial charge in [0.15, 0.2) is 0 Å². The van der Waals surface area contributed by atoms with Crippen LogP contribution in [0.5, 0.6) is 0 Å². The lowest BCUT2D eigenvalue weighted by Gasteiger charge is -2.16. The molecule has 1 heterocycles. The second-order valence-corrected chi connectivity index (χ2v) is 4.92. The number of halogens is 1. The summed E-state index contributed by atoms with van der Waals surface area (Å²) >= 11 is 0. The van der Waals surface area contributed by atoms with Gasteiger partial charge < -0.3 is 5.73 Å². The van der Waals surface area contributed by atoms with E-state index in [0.717, 1.165) is 22.0 Å². The third kappa shape index (κ3) is 2.17. The van der Waals surface area contributed by atoms with Crippen LogP contribution in [0, 0.1) is 12.7 Å². The standard InChI is InChI=1S/C17H15FN2/c1-11-7-8-14(15(18)10-11)17(19)13-4-2-6-16-12(13)5-3-9-20-16/h2-10,17H,19H2,1H3. The maximum absolute atomic E-state index is 14.1. The Labute approximate surface area is 117 Å². The van der Waals surface area contributed by atoms with Crippen molar-refractivity contribution in [3.63, 3.8) is 0 Å². The lowest BCUT2D eigenvalue weighted by molar-refractivity contribution is 0.599. The van der Waals surface area contributed by atoms with Crippen LogP contribution in [0.2, 0.25) is 0 Å². The number of aryl methyl sites for hydroxylation is 1. The van der Waals surface area contributed by atoms with Crippen molar-refractivity contribution in [2.24, 2.45) is 5.73 Å². The molecule has 0 fully saturated rings. The summed E-state index contributed by atoms with van der Waals surface area (Å²) in [4.78, 5) is 4.31. The topological polar surface area (TPSA) is 38.9 Å². The number of aromatic nitrogens is 1. The predicted octanol–water partition coefficient (Wildman–Crippen LogP) is 3.73. The van der Waals surface area contributed by atoms with Crippen LogP contribution in [-0.2, 0) is 0 Å². The number of hydrogen-bond donors (Lipinski definition) is 1. The number of hydrogen-bond acceptors (Lipinski definition) is 2. The van der Waals surface area contributed by atoms with E-state index in [1.807, 2.05) is 43.3 Å². The summed E-state index contributed by atoms with van der Waals surface area (Å²) in [6, 6.07) is 14.2. The molecule has 1 unspecified atom stereocenters. The van der Waals surface area contributed by atoms with Crippen LogP contribution in [0.25, 0.3) is 10.9 Å². The minimum Gasteiger partial charge on any atom is -0.320 e. The molecule has 3 rings (SSSR count). The van der Waals surface area contributed by atoms with Crippen LogP contribution in [0.3, 0.4) is 0 Å². The Hall–Kier alpha value is -2.26. The van der Waals surface area contributed by atoms with Gasteiger partial charge in [-0.1, -0.05) is 30.3 Å². The first-order valence-electron chi connectivity index (χ1n) is 6.52. The Morgan fingerprint density at radius 3 is 2.70 bits per heavy atom. The molecule has 3 heteroatoms. The average Bonchev–Trinajstić information content (AvgIpc) is 2.46. The molecular formula is C17H15FN2. The van der Waals surface area contributed by atoms with Crippen LogP contribution in [-0.4, -0.2) is 4.98 Å². The van der Waals surface area contributed by atoms with Crippen molar-refractivity contribution < 1.29 is 4.39 Å². The van der Waals surface area contributed by atoms with Crippen LogP contribution >= 0.6 is 0 Å². The monoisotopic (exact) mass is 266 g/mol. The van der Waals surface area contributed by atoms with Crippen LogP contribution in [0.4, 0.5) is 4.39 Å². The van der Waals surface area contributed by atoms with Gasteiger partial charge in [0.25, 0.3) is 0 Å². The van der Waals surface area contributed by atoms with Crippen molar-refractivity contribution in [1.82, 2.24) is 4.98 Å². The zero-order valence-electron chi connectivity index (χ0n) is 11.2. The fourth-order valence-corrected chi connectivity index (χ4v) is 2.45. The largest absolute Gasteiger partial charge is 0.320 e. The molecule has 0 spiro atoms. The number of nitrogens with zero attached hydrogens (tertiary/aromatic N) is 1. The third-order valence-corrected chi connectivity index (χ3v) is 3.51. The molecule has 3 aromatic rings. The zero-order chi connectivity index (χ0) is 14.1. The van der Waals surface area contributed by atoms with Gasteiger partial charge in [0.2, 0.25) is 0 Å². The molecule has 0 aliphatic carbocycles. The Balaban J connectivity index is 2.15. The Kier molecular flexibility index (Phi) is 3.20. The average molecular weight is 266 g/mol. The fraction of sp³-hybridized carbons (Fsp3) is 0.118. The van der Waals surface area contributed by atoms with Gasteiger partial charge in [-0.15, -0.1) is 0 Å². The molecule has 0 aliphatic rings. The van der Waals surface area contributed by atoms with E-state index in [1.165, 1.54) is 6.07 Å². The highest BCUT2D eigenvalue weighted by Crippen LogP contribution is 2.28. The van der Waals surface area contributed by atoms with Crippen LogP contribution in [0.15, 0.2) is 54.7 Å².